The summed E-state index contributed by atoms with van der Waals surface area (Å²) in [7, 11) is 0. The average molecular weight is 288 g/mol. The van der Waals surface area contributed by atoms with E-state index in [0.717, 1.165) is 19.1 Å². The van der Waals surface area contributed by atoms with E-state index in [1.54, 1.807) is 0 Å². The number of carbonyl (C=O) groups excluding carboxylic acids is 1. The van der Waals surface area contributed by atoms with Crippen LogP contribution in [0, 0.1) is 5.92 Å². The quantitative estimate of drug-likeness (QED) is 0.335. The van der Waals surface area contributed by atoms with Crippen LogP contribution in [0.25, 0.3) is 0 Å². The van der Waals surface area contributed by atoms with Crippen molar-refractivity contribution in [1.82, 2.24) is 0 Å². The van der Waals surface area contributed by atoms with Gasteiger partial charge >= 0.3 is 0 Å². The first-order chi connectivity index (χ1) is 9.08. The smallest absolute Gasteiger partial charge is 0.243 e. The van der Waals surface area contributed by atoms with Crippen LogP contribution in [0.4, 0.5) is 0 Å². The highest BCUT2D eigenvalue weighted by atomic mass is 17.3. The van der Waals surface area contributed by atoms with Crippen LogP contribution in [0.5, 0.6) is 0 Å². The molecule has 20 heavy (non-hydrogen) atoms. The van der Waals surface area contributed by atoms with Gasteiger partial charge in [0, 0.05) is 6.42 Å². The van der Waals surface area contributed by atoms with Crippen molar-refractivity contribution in [2.75, 3.05) is 0 Å². The predicted molar refractivity (Wildman–Crippen MR) is 74.6 cm³/mol. The molecule has 5 nitrogen and oxygen atoms in total. The van der Waals surface area contributed by atoms with Crippen LogP contribution in [0.2, 0.25) is 0 Å². The molecule has 1 rings (SSSR count). The maximum absolute atomic E-state index is 11.4. The lowest BCUT2D eigenvalue weighted by Crippen LogP contribution is -2.49. The molecule has 1 atom stereocenters. The first-order valence-electron chi connectivity index (χ1n) is 7.27. The molecule has 0 aliphatic heterocycles. The third-order valence-corrected chi connectivity index (χ3v) is 2.89. The molecule has 1 aliphatic carbocycles. The van der Waals surface area contributed by atoms with Crippen LogP contribution >= 0.6 is 0 Å². The summed E-state index contributed by atoms with van der Waals surface area (Å²) in [6.07, 6.45) is 4.04. The zero-order valence-corrected chi connectivity index (χ0v) is 13.5. The molecule has 0 N–H and O–H groups in total. The van der Waals surface area contributed by atoms with Crippen molar-refractivity contribution in [2.45, 2.75) is 84.2 Å². The molecule has 5 heteroatoms. The van der Waals surface area contributed by atoms with E-state index in [0.29, 0.717) is 12.8 Å². The molecule has 0 aromatic rings. The molecular formula is C15H28O5. The molecule has 0 bridgehead atoms. The van der Waals surface area contributed by atoms with E-state index in [1.807, 2.05) is 41.5 Å². The number of rotatable bonds is 5. The standard InChI is InChI=1S/C15H28O5/c1-13(2,3)17-19-15(20-18-14(4,5)6)10-8-7-9-12(15)11-16/h11-12H,7-10H2,1-6H3. The number of carbonyl (C=O) groups is 1. The predicted octanol–water partition coefficient (Wildman–Crippen LogP) is 3.57. The lowest BCUT2D eigenvalue weighted by Gasteiger charge is -2.40. The zero-order valence-electron chi connectivity index (χ0n) is 13.5. The van der Waals surface area contributed by atoms with Gasteiger partial charge < -0.3 is 4.79 Å². The molecule has 1 unspecified atom stereocenters. The Kier molecular flexibility index (Phi) is 5.72. The van der Waals surface area contributed by atoms with E-state index in [1.165, 1.54) is 0 Å². The molecule has 118 valence electrons. The Balaban J connectivity index is 2.83. The second-order valence-corrected chi connectivity index (χ2v) is 7.36. The van der Waals surface area contributed by atoms with Crippen LogP contribution in [0.15, 0.2) is 0 Å². The summed E-state index contributed by atoms with van der Waals surface area (Å²) in [4.78, 5) is 33.3. The SMILES string of the molecule is CC(C)(C)OOC1(OOC(C)(C)C)CCCCC1C=O. The Morgan fingerprint density at radius 2 is 1.45 bits per heavy atom. The average Bonchev–Trinajstić information content (AvgIpc) is 2.33. The van der Waals surface area contributed by atoms with Crippen molar-refractivity contribution in [3.8, 4) is 0 Å². The van der Waals surface area contributed by atoms with Gasteiger partial charge in [0.15, 0.2) is 0 Å². The zero-order chi connectivity index (χ0) is 15.4. The monoisotopic (exact) mass is 288 g/mol. The molecule has 0 aromatic heterocycles. The summed E-state index contributed by atoms with van der Waals surface area (Å²) in [6, 6.07) is 0. The Hall–Kier alpha value is -0.490. The fourth-order valence-electron chi connectivity index (χ4n) is 1.92. The van der Waals surface area contributed by atoms with Gasteiger partial charge in [-0.3, -0.25) is 0 Å². The Morgan fingerprint density at radius 3 is 1.85 bits per heavy atom. The fourth-order valence-corrected chi connectivity index (χ4v) is 1.92. The number of hydrogen-bond acceptors (Lipinski definition) is 5. The highest BCUT2D eigenvalue weighted by Crippen LogP contribution is 2.39. The van der Waals surface area contributed by atoms with E-state index in [9.17, 15) is 4.79 Å². The topological polar surface area (TPSA) is 54.0 Å². The van der Waals surface area contributed by atoms with Crippen LogP contribution in [-0.4, -0.2) is 23.3 Å². The van der Waals surface area contributed by atoms with Crippen LogP contribution in [0.1, 0.15) is 67.2 Å². The second-order valence-electron chi connectivity index (χ2n) is 7.36. The van der Waals surface area contributed by atoms with Crippen LogP contribution in [-0.2, 0) is 24.3 Å². The largest absolute Gasteiger partial charge is 0.303 e. The van der Waals surface area contributed by atoms with E-state index < -0.39 is 17.0 Å². The minimum Gasteiger partial charge on any atom is -0.303 e. The van der Waals surface area contributed by atoms with E-state index in [-0.39, 0.29) is 5.92 Å². The molecule has 0 saturated heterocycles. The van der Waals surface area contributed by atoms with Gasteiger partial charge in [0.25, 0.3) is 0 Å². The van der Waals surface area contributed by atoms with Crippen molar-refractivity contribution in [2.24, 2.45) is 5.92 Å². The fraction of sp³-hybridized carbons (Fsp3) is 0.933. The highest BCUT2D eigenvalue weighted by Gasteiger charge is 2.47. The summed E-state index contributed by atoms with van der Waals surface area (Å²) in [5.41, 5.74) is -0.966. The molecule has 1 fully saturated rings. The Bertz CT molecular complexity index is 295. The molecule has 1 saturated carbocycles. The summed E-state index contributed by atoms with van der Waals surface area (Å²) in [5, 5.41) is 0. The maximum atomic E-state index is 11.4. The first-order valence-corrected chi connectivity index (χ1v) is 7.27. The van der Waals surface area contributed by atoms with Gasteiger partial charge in [-0.05, 0) is 54.4 Å². The van der Waals surface area contributed by atoms with Crippen LogP contribution in [0.3, 0.4) is 0 Å². The minimum atomic E-state index is -1.15. The number of aldehydes is 1. The second kappa shape index (κ2) is 6.52. The van der Waals surface area contributed by atoms with E-state index in [4.69, 9.17) is 19.6 Å². The van der Waals surface area contributed by atoms with Crippen molar-refractivity contribution < 1.29 is 24.3 Å². The molecule has 0 radical (unpaired) electrons. The molecule has 0 aromatic carbocycles. The van der Waals surface area contributed by atoms with Crippen molar-refractivity contribution in [3.05, 3.63) is 0 Å². The maximum Gasteiger partial charge on any atom is 0.243 e. The molecule has 1 aliphatic rings. The van der Waals surface area contributed by atoms with Crippen molar-refractivity contribution >= 4 is 6.29 Å². The molecular weight excluding hydrogens is 260 g/mol. The normalized spacial score (nSPS) is 23.6. The minimum absolute atomic E-state index is 0.388. The van der Waals surface area contributed by atoms with E-state index >= 15 is 0 Å². The summed E-state index contributed by atoms with van der Waals surface area (Å²) in [5.74, 6) is -1.54. The van der Waals surface area contributed by atoms with Gasteiger partial charge in [0.05, 0.1) is 17.1 Å². The summed E-state index contributed by atoms with van der Waals surface area (Å²) >= 11 is 0. The molecule has 0 spiro atoms. The van der Waals surface area contributed by atoms with E-state index in [2.05, 4.69) is 0 Å². The van der Waals surface area contributed by atoms with Gasteiger partial charge in [-0.2, -0.15) is 9.78 Å². The number of hydrogen-bond donors (Lipinski definition) is 0. The third-order valence-electron chi connectivity index (χ3n) is 2.89. The van der Waals surface area contributed by atoms with Crippen LogP contribution < -0.4 is 0 Å². The molecule has 0 heterocycles. The Labute approximate surface area is 121 Å². The Morgan fingerprint density at radius 1 is 0.950 bits per heavy atom. The van der Waals surface area contributed by atoms with Crippen molar-refractivity contribution in [3.63, 3.8) is 0 Å². The van der Waals surface area contributed by atoms with Gasteiger partial charge in [0.1, 0.15) is 6.29 Å². The summed E-state index contributed by atoms with van der Waals surface area (Å²) < 4.78 is 0. The highest BCUT2D eigenvalue weighted by molar-refractivity contribution is 5.55. The third kappa shape index (κ3) is 5.48. The first kappa shape index (κ1) is 17.6. The van der Waals surface area contributed by atoms with Gasteiger partial charge in [0.2, 0.25) is 5.79 Å². The lowest BCUT2D eigenvalue weighted by atomic mass is 9.84. The van der Waals surface area contributed by atoms with Gasteiger partial charge in [-0.1, -0.05) is 6.42 Å². The van der Waals surface area contributed by atoms with Gasteiger partial charge in [-0.15, -0.1) is 0 Å². The van der Waals surface area contributed by atoms with Gasteiger partial charge in [-0.25, -0.2) is 9.78 Å². The summed E-state index contributed by atoms with van der Waals surface area (Å²) in [6.45, 7) is 11.3. The molecule has 0 amide bonds. The van der Waals surface area contributed by atoms with Crippen molar-refractivity contribution in [1.29, 1.82) is 0 Å². The lowest BCUT2D eigenvalue weighted by molar-refractivity contribution is -0.552.